The topological polar surface area (TPSA) is 77.2 Å². The lowest BCUT2D eigenvalue weighted by molar-refractivity contribution is -0.138. The Morgan fingerprint density at radius 1 is 1.50 bits per heavy atom. The summed E-state index contributed by atoms with van der Waals surface area (Å²) in [5.74, 6) is -0.867. The van der Waals surface area contributed by atoms with E-state index in [0.717, 1.165) is 22.5 Å². The number of rotatable bonds is 2. The molecule has 3 rings (SSSR count). The van der Waals surface area contributed by atoms with Crippen LogP contribution >= 0.6 is 11.3 Å². The second-order valence-electron chi connectivity index (χ2n) is 4.50. The van der Waals surface area contributed by atoms with Crippen LogP contribution in [0.5, 0.6) is 0 Å². The van der Waals surface area contributed by atoms with Gasteiger partial charge in [0.1, 0.15) is 11.8 Å². The highest BCUT2D eigenvalue weighted by molar-refractivity contribution is 7.10. The van der Waals surface area contributed by atoms with Crippen molar-refractivity contribution in [2.24, 2.45) is 0 Å². The first-order valence-electron chi connectivity index (χ1n) is 6.12. The molecule has 0 spiro atoms. The molecule has 0 aromatic carbocycles. The summed E-state index contributed by atoms with van der Waals surface area (Å²) in [6.45, 7) is 0.637. The third-order valence-electron chi connectivity index (χ3n) is 3.39. The van der Waals surface area contributed by atoms with Gasteiger partial charge in [0.25, 0.3) is 0 Å². The zero-order valence-corrected chi connectivity index (χ0v) is 11.3. The minimum Gasteiger partial charge on any atom is -0.479 e. The number of nitriles is 1. The first kappa shape index (κ1) is 12.6. The van der Waals surface area contributed by atoms with Crippen LogP contribution in [0, 0.1) is 11.3 Å². The number of thiophene rings is 1. The van der Waals surface area contributed by atoms with Gasteiger partial charge in [-0.15, -0.1) is 11.3 Å². The lowest BCUT2D eigenvalue weighted by Crippen LogP contribution is -2.39. The van der Waals surface area contributed by atoms with Crippen molar-refractivity contribution in [3.8, 4) is 6.07 Å². The number of anilines is 1. The first-order valence-corrected chi connectivity index (χ1v) is 7.00. The van der Waals surface area contributed by atoms with E-state index in [1.807, 2.05) is 22.4 Å². The number of aromatic nitrogens is 1. The largest absolute Gasteiger partial charge is 0.479 e. The highest BCUT2D eigenvalue weighted by Gasteiger charge is 2.33. The molecule has 1 unspecified atom stereocenters. The molecule has 0 aliphatic carbocycles. The Hall–Kier alpha value is -2.39. The molecule has 1 N–H and O–H groups in total. The van der Waals surface area contributed by atoms with Crippen LogP contribution in [-0.2, 0) is 11.2 Å². The van der Waals surface area contributed by atoms with Crippen LogP contribution in [0.3, 0.4) is 0 Å². The van der Waals surface area contributed by atoms with Crippen LogP contribution in [0.2, 0.25) is 0 Å². The molecular weight excluding hydrogens is 274 g/mol. The fourth-order valence-electron chi connectivity index (χ4n) is 2.48. The van der Waals surface area contributed by atoms with Crippen LogP contribution in [0.25, 0.3) is 0 Å². The number of hydrogen-bond acceptors (Lipinski definition) is 5. The normalized spacial score (nSPS) is 17.4. The zero-order valence-electron chi connectivity index (χ0n) is 10.5. The van der Waals surface area contributed by atoms with E-state index in [1.165, 1.54) is 0 Å². The molecule has 0 bridgehead atoms. The van der Waals surface area contributed by atoms with Gasteiger partial charge in [-0.1, -0.05) is 0 Å². The van der Waals surface area contributed by atoms with Crippen LogP contribution in [0.4, 0.5) is 5.69 Å². The standard InChI is InChI=1S/C14H11N3O2S/c15-7-9-1-2-10(8-16-9)17-5-3-12-11(4-6-20-12)13(17)14(18)19/h1-2,4,6,8,13H,3,5H2,(H,18,19). The van der Waals surface area contributed by atoms with E-state index in [-0.39, 0.29) is 0 Å². The number of carbonyl (C=O) groups is 1. The number of fused-ring (bicyclic) bond motifs is 1. The second kappa shape index (κ2) is 4.94. The van der Waals surface area contributed by atoms with E-state index in [9.17, 15) is 9.90 Å². The molecule has 1 aliphatic heterocycles. The van der Waals surface area contributed by atoms with Gasteiger partial charge in [-0.3, -0.25) is 0 Å². The molecule has 0 saturated heterocycles. The Morgan fingerprint density at radius 3 is 3.00 bits per heavy atom. The minimum atomic E-state index is -0.867. The van der Waals surface area contributed by atoms with Crippen molar-refractivity contribution >= 4 is 23.0 Å². The highest BCUT2D eigenvalue weighted by Crippen LogP contribution is 2.36. The predicted octanol–water partition coefficient (Wildman–Crippen LogP) is 2.20. The SMILES string of the molecule is N#Cc1ccc(N2CCc3sccc3C2C(=O)O)cn1. The summed E-state index contributed by atoms with van der Waals surface area (Å²) >= 11 is 1.60. The third kappa shape index (κ3) is 2.02. The van der Waals surface area contributed by atoms with Crippen molar-refractivity contribution in [3.63, 3.8) is 0 Å². The molecule has 6 heteroatoms. The van der Waals surface area contributed by atoms with E-state index >= 15 is 0 Å². The van der Waals surface area contributed by atoms with Gasteiger partial charge in [0.15, 0.2) is 6.04 Å². The van der Waals surface area contributed by atoms with Gasteiger partial charge >= 0.3 is 5.97 Å². The van der Waals surface area contributed by atoms with E-state index in [0.29, 0.717) is 12.2 Å². The van der Waals surface area contributed by atoms with Gasteiger partial charge < -0.3 is 10.0 Å². The lowest BCUT2D eigenvalue weighted by atomic mass is 9.99. The summed E-state index contributed by atoms with van der Waals surface area (Å²) in [5, 5.41) is 20.2. The van der Waals surface area contributed by atoms with Gasteiger partial charge in [-0.25, -0.2) is 9.78 Å². The third-order valence-corrected chi connectivity index (χ3v) is 4.39. The molecule has 5 nitrogen and oxygen atoms in total. The van der Waals surface area contributed by atoms with Crippen molar-refractivity contribution in [2.45, 2.75) is 12.5 Å². The molecule has 1 aliphatic rings. The number of aliphatic carboxylic acids is 1. The molecule has 0 amide bonds. The Bertz CT molecular complexity index is 687. The highest BCUT2D eigenvalue weighted by atomic mass is 32.1. The van der Waals surface area contributed by atoms with E-state index in [2.05, 4.69) is 4.98 Å². The monoisotopic (exact) mass is 285 g/mol. The molecule has 2 aromatic rings. The van der Waals surface area contributed by atoms with Crippen molar-refractivity contribution < 1.29 is 9.90 Å². The molecule has 0 saturated carbocycles. The van der Waals surface area contributed by atoms with Crippen molar-refractivity contribution in [1.82, 2.24) is 4.98 Å². The Labute approximate surface area is 119 Å². The molecule has 20 heavy (non-hydrogen) atoms. The Morgan fingerprint density at radius 2 is 2.35 bits per heavy atom. The maximum absolute atomic E-state index is 11.6. The average Bonchev–Trinajstić information content (AvgIpc) is 2.94. The number of nitrogens with zero attached hydrogens (tertiary/aromatic N) is 3. The van der Waals surface area contributed by atoms with Crippen molar-refractivity contribution in [2.75, 3.05) is 11.4 Å². The van der Waals surface area contributed by atoms with E-state index in [1.54, 1.807) is 29.7 Å². The Kier molecular flexibility index (Phi) is 3.12. The number of hydrogen-bond donors (Lipinski definition) is 1. The summed E-state index contributed by atoms with van der Waals surface area (Å²) in [5.41, 5.74) is 1.92. The Balaban J connectivity index is 2.00. The lowest BCUT2D eigenvalue weighted by Gasteiger charge is -2.34. The molecular formula is C14H11N3O2S. The predicted molar refractivity (Wildman–Crippen MR) is 74.7 cm³/mol. The second-order valence-corrected chi connectivity index (χ2v) is 5.50. The minimum absolute atomic E-state index is 0.328. The molecule has 0 radical (unpaired) electrons. The van der Waals surface area contributed by atoms with E-state index in [4.69, 9.17) is 5.26 Å². The van der Waals surface area contributed by atoms with Gasteiger partial charge in [-0.05, 0) is 35.6 Å². The van der Waals surface area contributed by atoms with Gasteiger partial charge in [0.2, 0.25) is 0 Å². The summed E-state index contributed by atoms with van der Waals surface area (Å²) < 4.78 is 0. The van der Waals surface area contributed by atoms with Crippen LogP contribution in [0.1, 0.15) is 22.2 Å². The van der Waals surface area contributed by atoms with Gasteiger partial charge in [0, 0.05) is 11.4 Å². The molecule has 2 aromatic heterocycles. The molecule has 0 fully saturated rings. The van der Waals surface area contributed by atoms with Gasteiger partial charge in [0.05, 0.1) is 11.9 Å². The summed E-state index contributed by atoms with van der Waals surface area (Å²) in [6.07, 6.45) is 2.39. The molecule has 100 valence electrons. The smallest absolute Gasteiger partial charge is 0.331 e. The summed E-state index contributed by atoms with van der Waals surface area (Å²) in [4.78, 5) is 18.6. The van der Waals surface area contributed by atoms with E-state index < -0.39 is 12.0 Å². The summed E-state index contributed by atoms with van der Waals surface area (Å²) in [6, 6.07) is 6.51. The van der Waals surface area contributed by atoms with Crippen molar-refractivity contribution in [3.05, 3.63) is 45.9 Å². The summed E-state index contributed by atoms with van der Waals surface area (Å²) in [7, 11) is 0. The zero-order chi connectivity index (χ0) is 14.1. The number of pyridine rings is 1. The molecule has 1 atom stereocenters. The maximum atomic E-state index is 11.6. The molecule has 3 heterocycles. The average molecular weight is 285 g/mol. The van der Waals surface area contributed by atoms with Crippen LogP contribution in [-0.4, -0.2) is 22.6 Å². The quantitative estimate of drug-likeness (QED) is 0.915. The number of carboxylic acid groups (broad SMARTS) is 1. The number of carboxylic acids is 1. The van der Waals surface area contributed by atoms with Crippen LogP contribution in [0.15, 0.2) is 29.8 Å². The maximum Gasteiger partial charge on any atom is 0.331 e. The van der Waals surface area contributed by atoms with Gasteiger partial charge in [-0.2, -0.15) is 5.26 Å². The first-order chi connectivity index (χ1) is 9.70. The van der Waals surface area contributed by atoms with Crippen LogP contribution < -0.4 is 4.90 Å². The van der Waals surface area contributed by atoms with Crippen molar-refractivity contribution in [1.29, 1.82) is 5.26 Å². The fourth-order valence-corrected chi connectivity index (χ4v) is 3.39. The fraction of sp³-hybridized carbons (Fsp3) is 0.214.